The van der Waals surface area contributed by atoms with Gasteiger partial charge in [0.25, 0.3) is 0 Å². The molecular weight excluding hydrogens is 289 g/mol. The Labute approximate surface area is 106 Å². The largest absolute Gasteiger partial charge is 0.324 e. The molecule has 1 unspecified atom stereocenters. The highest BCUT2D eigenvalue weighted by Crippen LogP contribution is 2.26. The van der Waals surface area contributed by atoms with Crippen LogP contribution in [0.5, 0.6) is 0 Å². The molecule has 17 heavy (non-hydrogen) atoms. The summed E-state index contributed by atoms with van der Waals surface area (Å²) in [4.78, 5) is 1.36. The first-order chi connectivity index (χ1) is 8.08. The van der Waals surface area contributed by atoms with E-state index in [-0.39, 0.29) is 11.9 Å². The summed E-state index contributed by atoms with van der Waals surface area (Å²) in [5.74, 6) is 0.209. The minimum Gasteiger partial charge on any atom is -0.324 e. The lowest BCUT2D eigenvalue weighted by atomic mass is 10.0. The second-order valence-corrected chi connectivity index (χ2v) is 4.44. The van der Waals surface area contributed by atoms with Gasteiger partial charge < -0.3 is 5.73 Å². The molecule has 0 spiro atoms. The molecule has 0 aliphatic rings. The van der Waals surface area contributed by atoms with Gasteiger partial charge in [0.2, 0.25) is 0 Å². The molecule has 90 valence electrons. The van der Waals surface area contributed by atoms with E-state index in [4.69, 9.17) is 5.73 Å². The van der Waals surface area contributed by atoms with Gasteiger partial charge in [-0.1, -0.05) is 12.1 Å². The van der Waals surface area contributed by atoms with Crippen LogP contribution in [-0.2, 0) is 13.5 Å². The number of benzene rings is 1. The molecule has 5 nitrogen and oxygen atoms in total. The maximum Gasteiger partial charge on any atom is 0.176 e. The van der Waals surface area contributed by atoms with E-state index in [1.54, 1.807) is 19.2 Å². The lowest BCUT2D eigenvalue weighted by molar-refractivity contribution is 0.604. The van der Waals surface area contributed by atoms with Crippen molar-refractivity contribution in [3.8, 4) is 0 Å². The lowest BCUT2D eigenvalue weighted by Crippen LogP contribution is -2.15. The van der Waals surface area contributed by atoms with Gasteiger partial charge in [-0.25, -0.2) is 4.39 Å². The molecule has 2 rings (SSSR count). The van der Waals surface area contributed by atoms with E-state index in [0.29, 0.717) is 22.3 Å². The molecule has 0 aliphatic heterocycles. The first-order valence-corrected chi connectivity index (χ1v) is 5.79. The van der Waals surface area contributed by atoms with Crippen molar-refractivity contribution in [1.29, 1.82) is 0 Å². The normalized spacial score (nSPS) is 12.7. The highest BCUT2D eigenvalue weighted by molar-refractivity contribution is 9.10. The van der Waals surface area contributed by atoms with Crippen LogP contribution in [-0.4, -0.2) is 20.2 Å². The van der Waals surface area contributed by atoms with Crippen molar-refractivity contribution < 1.29 is 4.39 Å². The van der Waals surface area contributed by atoms with Crippen molar-refractivity contribution in [3.63, 3.8) is 0 Å². The molecule has 0 radical (unpaired) electrons. The molecule has 0 aliphatic carbocycles. The zero-order valence-electron chi connectivity index (χ0n) is 9.14. The first-order valence-electron chi connectivity index (χ1n) is 5.00. The molecule has 2 aromatic rings. The van der Waals surface area contributed by atoms with Crippen LogP contribution < -0.4 is 5.73 Å². The van der Waals surface area contributed by atoms with E-state index in [0.717, 1.165) is 0 Å². The van der Waals surface area contributed by atoms with E-state index in [2.05, 4.69) is 31.3 Å². The predicted octanol–water partition coefficient (Wildman–Crippen LogP) is 1.35. The van der Waals surface area contributed by atoms with Crippen LogP contribution in [0.2, 0.25) is 0 Å². The van der Waals surface area contributed by atoms with Crippen LogP contribution in [0.3, 0.4) is 0 Å². The fourth-order valence-corrected chi connectivity index (χ4v) is 2.08. The molecular formula is C10H11BrFN5. The third-order valence-corrected chi connectivity index (χ3v) is 3.17. The molecule has 0 saturated heterocycles. The van der Waals surface area contributed by atoms with Gasteiger partial charge in [0.1, 0.15) is 5.82 Å². The average molecular weight is 300 g/mol. The molecule has 0 bridgehead atoms. The smallest absolute Gasteiger partial charge is 0.176 e. The highest BCUT2D eigenvalue weighted by Gasteiger charge is 2.15. The number of rotatable bonds is 3. The van der Waals surface area contributed by atoms with Crippen molar-refractivity contribution in [2.24, 2.45) is 12.8 Å². The topological polar surface area (TPSA) is 69.6 Å². The van der Waals surface area contributed by atoms with Gasteiger partial charge in [-0.2, -0.15) is 4.80 Å². The average Bonchev–Trinajstić information content (AvgIpc) is 2.68. The van der Waals surface area contributed by atoms with Gasteiger partial charge in [-0.05, 0) is 32.8 Å². The molecule has 0 saturated carbocycles. The molecule has 1 aromatic heterocycles. The summed E-state index contributed by atoms with van der Waals surface area (Å²) in [5.41, 5.74) is 6.68. The summed E-state index contributed by atoms with van der Waals surface area (Å²) in [6, 6.07) is 4.40. The van der Waals surface area contributed by atoms with E-state index in [9.17, 15) is 4.39 Å². The minimum absolute atomic E-state index is 0.329. The van der Waals surface area contributed by atoms with Crippen LogP contribution in [0.4, 0.5) is 4.39 Å². The zero-order valence-corrected chi connectivity index (χ0v) is 10.7. The third-order valence-electron chi connectivity index (χ3n) is 2.33. The fourth-order valence-electron chi connectivity index (χ4n) is 1.52. The maximum atomic E-state index is 13.3. The Balaban J connectivity index is 2.20. The summed E-state index contributed by atoms with van der Waals surface area (Å²) in [7, 11) is 1.68. The third kappa shape index (κ3) is 2.67. The van der Waals surface area contributed by atoms with Crippen LogP contribution in [0.15, 0.2) is 22.7 Å². The molecule has 1 heterocycles. The van der Waals surface area contributed by atoms with Crippen molar-refractivity contribution in [2.75, 3.05) is 0 Å². The van der Waals surface area contributed by atoms with Gasteiger partial charge in [-0.15, -0.1) is 10.2 Å². The number of aryl methyl sites for hydroxylation is 1. The van der Waals surface area contributed by atoms with Gasteiger partial charge in [0.15, 0.2) is 5.82 Å². The minimum atomic E-state index is -0.371. The fraction of sp³-hybridized carbons (Fsp3) is 0.300. The lowest BCUT2D eigenvalue weighted by Gasteiger charge is -2.12. The van der Waals surface area contributed by atoms with E-state index in [1.165, 1.54) is 10.9 Å². The number of hydrogen-bond donors (Lipinski definition) is 1. The second kappa shape index (κ2) is 4.89. The monoisotopic (exact) mass is 299 g/mol. The standard InChI is InChI=1S/C10H11BrFN5/c1-17-15-9(14-16-17)5-8(13)6-3-2-4-7(12)10(6)11/h2-4,8H,5,13H2,1H3. The van der Waals surface area contributed by atoms with Gasteiger partial charge in [-0.3, -0.25) is 0 Å². The molecule has 1 atom stereocenters. The Morgan fingerprint density at radius 1 is 1.53 bits per heavy atom. The quantitative estimate of drug-likeness (QED) is 0.929. The van der Waals surface area contributed by atoms with Gasteiger partial charge >= 0.3 is 0 Å². The van der Waals surface area contributed by atoms with Crippen molar-refractivity contribution >= 4 is 15.9 Å². The molecule has 7 heteroatoms. The van der Waals surface area contributed by atoms with Gasteiger partial charge in [0, 0.05) is 12.5 Å². The van der Waals surface area contributed by atoms with Gasteiger partial charge in [0.05, 0.1) is 11.5 Å². The van der Waals surface area contributed by atoms with E-state index < -0.39 is 0 Å². The van der Waals surface area contributed by atoms with Crippen LogP contribution >= 0.6 is 15.9 Å². The van der Waals surface area contributed by atoms with Crippen molar-refractivity contribution in [2.45, 2.75) is 12.5 Å². The second-order valence-electron chi connectivity index (χ2n) is 3.65. The summed E-state index contributed by atoms with van der Waals surface area (Å²) < 4.78 is 13.7. The molecule has 1 aromatic carbocycles. The Kier molecular flexibility index (Phi) is 3.49. The molecule has 2 N–H and O–H groups in total. The van der Waals surface area contributed by atoms with Crippen molar-refractivity contribution in [1.82, 2.24) is 20.2 Å². The highest BCUT2D eigenvalue weighted by atomic mass is 79.9. The maximum absolute atomic E-state index is 13.3. The SMILES string of the molecule is Cn1nnc(CC(N)c2cccc(F)c2Br)n1. The zero-order chi connectivity index (χ0) is 12.4. The number of nitrogens with two attached hydrogens (primary N) is 1. The Morgan fingerprint density at radius 3 is 2.94 bits per heavy atom. The summed E-state index contributed by atoms with van der Waals surface area (Å²) in [5, 5.41) is 11.6. The number of hydrogen-bond acceptors (Lipinski definition) is 4. The summed E-state index contributed by atoms with van der Waals surface area (Å²) in [6.45, 7) is 0. The number of nitrogens with zero attached hydrogens (tertiary/aromatic N) is 4. The number of tetrazole rings is 1. The molecule has 0 amide bonds. The summed E-state index contributed by atoms with van der Waals surface area (Å²) >= 11 is 3.18. The van der Waals surface area contributed by atoms with Crippen LogP contribution in [0.25, 0.3) is 0 Å². The Hall–Kier alpha value is -1.34. The predicted molar refractivity (Wildman–Crippen MR) is 63.5 cm³/mol. The van der Waals surface area contributed by atoms with Crippen LogP contribution in [0.1, 0.15) is 17.4 Å². The van der Waals surface area contributed by atoms with E-state index in [1.807, 2.05) is 0 Å². The first kappa shape index (κ1) is 12.1. The summed E-state index contributed by atoms with van der Waals surface area (Å²) in [6.07, 6.45) is 0.413. The number of halogens is 2. The number of aromatic nitrogens is 4. The van der Waals surface area contributed by atoms with Crippen LogP contribution in [0, 0.1) is 5.82 Å². The Bertz CT molecular complexity index is 527. The molecule has 0 fully saturated rings. The van der Waals surface area contributed by atoms with Crippen molar-refractivity contribution in [3.05, 3.63) is 39.9 Å². The van der Waals surface area contributed by atoms with E-state index >= 15 is 0 Å². The Morgan fingerprint density at radius 2 is 2.29 bits per heavy atom.